The Kier molecular flexibility index (Phi) is 5.83. The topological polar surface area (TPSA) is 64.0 Å². The zero-order valence-electron chi connectivity index (χ0n) is 18.1. The van der Waals surface area contributed by atoms with E-state index < -0.39 is 10.0 Å². The number of fused-ring (bicyclic) bond motifs is 1. The van der Waals surface area contributed by atoms with Gasteiger partial charge in [0.25, 0.3) is 10.0 Å². The minimum Gasteiger partial charge on any atom is -0.328 e. The van der Waals surface area contributed by atoms with Crippen molar-refractivity contribution in [3.63, 3.8) is 0 Å². The predicted molar refractivity (Wildman–Crippen MR) is 126 cm³/mol. The van der Waals surface area contributed by atoms with Crippen molar-refractivity contribution in [2.24, 2.45) is 0 Å². The van der Waals surface area contributed by atoms with Gasteiger partial charge in [0.2, 0.25) is 0 Å². The number of benzene rings is 3. The Hall–Kier alpha value is -3.12. The molecule has 1 aromatic heterocycles. The minimum absolute atomic E-state index is 0.315. The fourth-order valence-corrected chi connectivity index (χ4v) is 5.38. The predicted octanol–water partition coefficient (Wildman–Crippen LogP) is 5.26. The average molecular weight is 434 g/mol. The third-order valence-corrected chi connectivity index (χ3v) is 7.07. The third-order valence-electron chi connectivity index (χ3n) is 5.56. The molecule has 0 saturated carbocycles. The van der Waals surface area contributed by atoms with Crippen LogP contribution in [0.5, 0.6) is 0 Å². The number of sulfonamides is 1. The summed E-state index contributed by atoms with van der Waals surface area (Å²) in [5.74, 6) is 1.01. The van der Waals surface area contributed by atoms with Gasteiger partial charge in [-0.05, 0) is 68.1 Å². The lowest BCUT2D eigenvalue weighted by Gasteiger charge is -2.14. The van der Waals surface area contributed by atoms with E-state index in [-0.39, 0.29) is 0 Å². The highest BCUT2D eigenvalue weighted by atomic mass is 32.2. The molecule has 31 heavy (non-hydrogen) atoms. The molecule has 0 aliphatic heterocycles. The molecule has 6 heteroatoms. The molecule has 160 valence electrons. The van der Waals surface area contributed by atoms with E-state index in [1.807, 2.05) is 68.4 Å². The lowest BCUT2D eigenvalue weighted by atomic mass is 10.1. The maximum absolute atomic E-state index is 13.1. The van der Waals surface area contributed by atoms with Gasteiger partial charge < -0.3 is 4.57 Å². The Bertz CT molecular complexity index is 1340. The normalized spacial score (nSPS) is 11.7. The van der Waals surface area contributed by atoms with Gasteiger partial charge in [-0.15, -0.1) is 0 Å². The molecule has 1 heterocycles. The zero-order valence-corrected chi connectivity index (χ0v) is 18.9. The van der Waals surface area contributed by atoms with E-state index in [1.165, 1.54) is 0 Å². The van der Waals surface area contributed by atoms with Crippen molar-refractivity contribution in [1.82, 2.24) is 9.55 Å². The van der Waals surface area contributed by atoms with Gasteiger partial charge in [-0.2, -0.15) is 0 Å². The molecular formula is C25H27N3O2S. The molecule has 4 aromatic rings. The van der Waals surface area contributed by atoms with E-state index in [9.17, 15) is 8.42 Å². The first kappa shape index (κ1) is 21.1. The summed E-state index contributed by atoms with van der Waals surface area (Å²) in [4.78, 5) is 5.11. The lowest BCUT2D eigenvalue weighted by Crippen LogP contribution is -2.16. The molecule has 1 N–H and O–H groups in total. The van der Waals surface area contributed by atoms with Crippen molar-refractivity contribution in [1.29, 1.82) is 0 Å². The summed E-state index contributed by atoms with van der Waals surface area (Å²) in [6.45, 7) is 6.67. The fourth-order valence-electron chi connectivity index (χ4n) is 3.95. The highest BCUT2D eigenvalue weighted by molar-refractivity contribution is 7.92. The Morgan fingerprint density at radius 1 is 0.935 bits per heavy atom. The highest BCUT2D eigenvalue weighted by Gasteiger charge is 2.19. The summed E-state index contributed by atoms with van der Waals surface area (Å²) in [6.07, 6.45) is 1.42. The maximum atomic E-state index is 13.1. The summed E-state index contributed by atoms with van der Waals surface area (Å²) in [6, 6.07) is 21.2. The molecule has 0 aliphatic rings. The Balaban J connectivity index is 1.61. The number of para-hydroxylation sites is 3. The van der Waals surface area contributed by atoms with Crippen LogP contribution in [0, 0.1) is 13.8 Å². The summed E-state index contributed by atoms with van der Waals surface area (Å²) in [5.41, 5.74) is 5.32. The van der Waals surface area contributed by atoms with Gasteiger partial charge in [-0.25, -0.2) is 13.4 Å². The molecule has 0 aliphatic carbocycles. The smallest absolute Gasteiger partial charge is 0.262 e. The van der Waals surface area contributed by atoms with Gasteiger partial charge in [-0.3, -0.25) is 4.72 Å². The second kappa shape index (κ2) is 8.55. The summed E-state index contributed by atoms with van der Waals surface area (Å²) in [7, 11) is -3.68. The highest BCUT2D eigenvalue weighted by Crippen LogP contribution is 2.25. The number of imidazole rings is 1. The first-order valence-corrected chi connectivity index (χ1v) is 12.0. The van der Waals surface area contributed by atoms with Crippen LogP contribution in [-0.2, 0) is 29.4 Å². The number of aryl methyl sites for hydroxylation is 5. The number of rotatable bonds is 7. The van der Waals surface area contributed by atoms with Gasteiger partial charge in [0.1, 0.15) is 5.82 Å². The first-order valence-electron chi connectivity index (χ1n) is 10.5. The Labute approximate surface area is 183 Å². The largest absolute Gasteiger partial charge is 0.328 e. The first-order chi connectivity index (χ1) is 14.9. The standard InChI is InChI=1S/C25H27N3O2S/c1-4-28-23-12-8-7-11-22(23)26-25(28)16-15-20-9-5-6-10-21(20)27-31(29,30)24-17-18(2)13-14-19(24)3/h5-14,17,27H,4,15-16H2,1-3H3. The van der Waals surface area contributed by atoms with E-state index in [2.05, 4.69) is 22.3 Å². The van der Waals surface area contributed by atoms with Crippen molar-refractivity contribution in [3.05, 3.63) is 89.2 Å². The van der Waals surface area contributed by atoms with Crippen molar-refractivity contribution in [2.45, 2.75) is 45.1 Å². The number of nitrogens with zero attached hydrogens (tertiary/aromatic N) is 2. The molecule has 0 fully saturated rings. The molecule has 0 amide bonds. The van der Waals surface area contributed by atoms with Gasteiger partial charge in [0.15, 0.2) is 0 Å². The summed E-state index contributed by atoms with van der Waals surface area (Å²) >= 11 is 0. The Morgan fingerprint density at radius 2 is 1.68 bits per heavy atom. The van der Waals surface area contributed by atoms with Crippen molar-refractivity contribution in [2.75, 3.05) is 4.72 Å². The summed E-state index contributed by atoms with van der Waals surface area (Å²) < 4.78 is 31.2. The SMILES string of the molecule is CCn1c(CCc2ccccc2NS(=O)(=O)c2cc(C)ccc2C)nc2ccccc21. The zero-order chi connectivity index (χ0) is 22.0. The number of hydrogen-bond acceptors (Lipinski definition) is 3. The van der Waals surface area contributed by atoms with E-state index in [0.717, 1.165) is 46.5 Å². The number of anilines is 1. The quantitative estimate of drug-likeness (QED) is 0.432. The van der Waals surface area contributed by atoms with E-state index in [1.54, 1.807) is 6.07 Å². The van der Waals surface area contributed by atoms with Crippen LogP contribution in [0.2, 0.25) is 0 Å². The van der Waals surface area contributed by atoms with Gasteiger partial charge in [0.05, 0.1) is 21.6 Å². The lowest BCUT2D eigenvalue weighted by molar-refractivity contribution is 0.600. The second-order valence-corrected chi connectivity index (χ2v) is 9.44. The van der Waals surface area contributed by atoms with Crippen LogP contribution in [0.4, 0.5) is 5.69 Å². The fraction of sp³-hybridized carbons (Fsp3) is 0.240. The molecule has 0 unspecified atom stereocenters. The molecular weight excluding hydrogens is 406 g/mol. The minimum atomic E-state index is -3.68. The molecule has 0 atom stereocenters. The van der Waals surface area contributed by atoms with Crippen LogP contribution in [-0.4, -0.2) is 18.0 Å². The molecule has 4 rings (SSSR count). The molecule has 5 nitrogen and oxygen atoms in total. The van der Waals surface area contributed by atoms with Crippen molar-refractivity contribution >= 4 is 26.7 Å². The third kappa shape index (κ3) is 4.35. The van der Waals surface area contributed by atoms with E-state index >= 15 is 0 Å². The van der Waals surface area contributed by atoms with Crippen LogP contribution in [0.25, 0.3) is 11.0 Å². The Morgan fingerprint density at radius 3 is 2.48 bits per heavy atom. The van der Waals surface area contributed by atoms with Gasteiger partial charge in [0, 0.05) is 13.0 Å². The van der Waals surface area contributed by atoms with Crippen molar-refractivity contribution < 1.29 is 8.42 Å². The molecule has 0 radical (unpaired) electrons. The second-order valence-electron chi connectivity index (χ2n) is 7.79. The van der Waals surface area contributed by atoms with Gasteiger partial charge >= 0.3 is 0 Å². The van der Waals surface area contributed by atoms with Crippen LogP contribution >= 0.6 is 0 Å². The molecule has 0 bridgehead atoms. The van der Waals surface area contributed by atoms with Crippen LogP contribution < -0.4 is 4.72 Å². The average Bonchev–Trinajstić information content (AvgIpc) is 3.12. The van der Waals surface area contributed by atoms with Crippen LogP contribution in [0.1, 0.15) is 29.4 Å². The summed E-state index contributed by atoms with van der Waals surface area (Å²) in [5, 5.41) is 0. The molecule has 3 aromatic carbocycles. The number of nitrogens with one attached hydrogen (secondary N) is 1. The number of hydrogen-bond donors (Lipinski definition) is 1. The molecule has 0 saturated heterocycles. The van der Waals surface area contributed by atoms with Crippen LogP contribution in [0.15, 0.2) is 71.6 Å². The van der Waals surface area contributed by atoms with Crippen LogP contribution in [0.3, 0.4) is 0 Å². The van der Waals surface area contributed by atoms with E-state index in [0.29, 0.717) is 17.0 Å². The maximum Gasteiger partial charge on any atom is 0.262 e. The number of aromatic nitrogens is 2. The van der Waals surface area contributed by atoms with Gasteiger partial charge in [-0.1, -0.05) is 42.5 Å². The molecule has 0 spiro atoms. The van der Waals surface area contributed by atoms with E-state index in [4.69, 9.17) is 4.98 Å². The monoisotopic (exact) mass is 433 g/mol. The van der Waals surface area contributed by atoms with Crippen molar-refractivity contribution in [3.8, 4) is 0 Å².